The van der Waals surface area contributed by atoms with Gasteiger partial charge in [-0.3, -0.25) is 4.57 Å². The van der Waals surface area contributed by atoms with Crippen molar-refractivity contribution in [2.75, 3.05) is 20.7 Å². The summed E-state index contributed by atoms with van der Waals surface area (Å²) in [6.07, 6.45) is 1.24. The van der Waals surface area contributed by atoms with Crippen molar-refractivity contribution >= 4 is 110 Å². The maximum absolute atomic E-state index is 11.1. The van der Waals surface area contributed by atoms with Crippen LogP contribution in [0.5, 0.6) is 0 Å². The molecule has 6 nitrogen and oxygen atoms in total. The number of rotatable bonds is 3. The van der Waals surface area contributed by atoms with E-state index in [1.54, 1.807) is 27.9 Å². The van der Waals surface area contributed by atoms with Crippen LogP contribution in [0.3, 0.4) is 0 Å². The Balaban J connectivity index is -0.000000362. The van der Waals surface area contributed by atoms with E-state index < -0.39 is 14.5 Å². The predicted octanol–water partition coefficient (Wildman–Crippen LogP) is 7.84. The average Bonchev–Trinajstić information content (AvgIpc) is 2.22. The van der Waals surface area contributed by atoms with Crippen molar-refractivity contribution in [3.63, 3.8) is 0 Å². The number of hydrogen-bond donors (Lipinski definition) is 1. The largest absolute Gasteiger partial charge is 0.339 e. The van der Waals surface area contributed by atoms with Crippen LogP contribution < -0.4 is 5.32 Å². The summed E-state index contributed by atoms with van der Waals surface area (Å²) in [6.45, 7) is 3.67. The van der Waals surface area contributed by atoms with Crippen LogP contribution in [-0.4, -0.2) is 37.6 Å². The predicted molar refractivity (Wildman–Crippen MR) is 114 cm³/mol. The topological polar surface area (TPSA) is 75.7 Å². The van der Waals surface area contributed by atoms with E-state index in [2.05, 4.69) is 43.8 Å². The van der Waals surface area contributed by atoms with E-state index in [1.807, 2.05) is 0 Å². The van der Waals surface area contributed by atoms with Gasteiger partial charge >= 0.3 is 76.8 Å². The van der Waals surface area contributed by atoms with Crippen LogP contribution >= 0.6 is 98.5 Å². The summed E-state index contributed by atoms with van der Waals surface area (Å²) in [7, 11) is 3.24. The molecule has 152 valence electrons. The first kappa shape index (κ1) is 31.2. The molecular formula is C9H16Cl8N2O4P2. The molecule has 0 aliphatic heterocycles. The van der Waals surface area contributed by atoms with Crippen molar-refractivity contribution in [1.29, 1.82) is 0 Å². The second-order valence-electron chi connectivity index (χ2n) is 3.94. The zero-order valence-corrected chi connectivity index (χ0v) is 21.1. The van der Waals surface area contributed by atoms with E-state index in [-0.39, 0.29) is 6.03 Å². The van der Waals surface area contributed by atoms with E-state index in [9.17, 15) is 14.2 Å². The second kappa shape index (κ2) is 13.6. The van der Waals surface area contributed by atoms with E-state index in [0.29, 0.717) is 12.3 Å². The fourth-order valence-electron chi connectivity index (χ4n) is 0.677. The Morgan fingerprint density at radius 2 is 1.44 bits per heavy atom. The first-order valence-corrected chi connectivity index (χ1v) is 17.0. The third kappa shape index (κ3) is 51.7. The van der Waals surface area contributed by atoms with Crippen molar-refractivity contribution < 1.29 is 18.9 Å². The minimum absolute atomic E-state index is 0.275. The number of carbonyl (C=O) groups is 2. The van der Waals surface area contributed by atoms with Crippen molar-refractivity contribution in [1.82, 2.24) is 10.2 Å². The van der Waals surface area contributed by atoms with E-state index in [4.69, 9.17) is 56.2 Å². The Morgan fingerprint density at radius 1 is 1.12 bits per heavy atom. The first-order chi connectivity index (χ1) is 10.7. The van der Waals surface area contributed by atoms with Gasteiger partial charge in [0.2, 0.25) is 0 Å². The molecule has 0 aromatic heterocycles. The fourth-order valence-corrected chi connectivity index (χ4v) is 0.677. The van der Waals surface area contributed by atoms with E-state index >= 15 is 0 Å². The monoisotopic (exact) mass is 558 g/mol. The summed E-state index contributed by atoms with van der Waals surface area (Å²) in [5.41, 5.74) is 0.460. The standard InChI is InChI=1S/C9H16N2O3.Cl5P.Cl3OP/c1-5-14-8(12)6-7(2)10-9(13)11(3)4;1-6(2,3,4)5;1-5(2,3)4/h6H,5H2,1-4H3,(H,10,13);;/b7-6-;;. The molecule has 0 rings (SSSR count). The van der Waals surface area contributed by atoms with E-state index in [0.717, 1.165) is 0 Å². The molecule has 0 spiro atoms. The summed E-state index contributed by atoms with van der Waals surface area (Å²) in [5.74, 6) is -0.455. The van der Waals surface area contributed by atoms with Crippen molar-refractivity contribution in [2.45, 2.75) is 13.8 Å². The maximum Gasteiger partial charge on any atom is 0.339 e. The molecule has 25 heavy (non-hydrogen) atoms. The van der Waals surface area contributed by atoms with Gasteiger partial charge in [0.1, 0.15) is 0 Å². The number of allylic oxidation sites excluding steroid dienone is 1. The molecule has 2 amide bonds. The Morgan fingerprint density at radius 3 is 1.68 bits per heavy atom. The smallest absolute Gasteiger partial charge is 0.271 e. The molecule has 0 heterocycles. The molecule has 0 aromatic rings. The molecule has 0 saturated heterocycles. The number of urea groups is 1. The summed E-state index contributed by atoms with van der Waals surface area (Å²) in [5, 5.41) is -0.706. The summed E-state index contributed by atoms with van der Waals surface area (Å²) < 4.78 is 10.5. The molecule has 0 saturated carbocycles. The molecule has 16 heteroatoms. The van der Waals surface area contributed by atoms with Gasteiger partial charge in [0, 0.05) is 25.9 Å². The number of amides is 2. The number of nitrogens with zero attached hydrogens (tertiary/aromatic N) is 1. The van der Waals surface area contributed by atoms with Crippen LogP contribution in [-0.2, 0) is 14.1 Å². The van der Waals surface area contributed by atoms with Gasteiger partial charge < -0.3 is 15.0 Å². The van der Waals surface area contributed by atoms with Crippen LogP contribution in [0.1, 0.15) is 13.8 Å². The molecule has 0 radical (unpaired) electrons. The van der Waals surface area contributed by atoms with Crippen LogP contribution in [0.15, 0.2) is 11.8 Å². The normalized spacial score (nSPS) is 13.0. The van der Waals surface area contributed by atoms with Gasteiger partial charge in [-0.1, -0.05) is 0 Å². The van der Waals surface area contributed by atoms with Gasteiger partial charge in [0.25, 0.3) is 0 Å². The summed E-state index contributed by atoms with van der Waals surface area (Å²) >= 11 is 38.7. The molecule has 0 aromatic carbocycles. The van der Waals surface area contributed by atoms with Gasteiger partial charge in [0.15, 0.2) is 0 Å². The Kier molecular flexibility index (Phi) is 17.0. The van der Waals surface area contributed by atoms with Gasteiger partial charge in [0.05, 0.1) is 6.61 Å². The average molecular weight is 562 g/mol. The molecule has 0 fully saturated rings. The number of nitrogens with one attached hydrogen (secondary N) is 1. The fraction of sp³-hybridized carbons (Fsp3) is 0.556. The second-order valence-corrected chi connectivity index (χ2v) is 27.2. The number of hydrogen-bond acceptors (Lipinski definition) is 4. The van der Waals surface area contributed by atoms with Gasteiger partial charge in [-0.15, -0.1) is 0 Å². The molecule has 0 aliphatic rings. The number of halogens is 8. The van der Waals surface area contributed by atoms with E-state index in [1.165, 1.54) is 11.0 Å². The minimum Gasteiger partial charge on any atom is -0.271 e. The Bertz CT molecular complexity index is 490. The SMILES string of the molecule is CCOC(=O)/C=C(/C)NC(=O)N(C)C.ClP(Cl)(Cl)(Cl)Cl.O=P(Cl)(Cl)Cl. The number of ether oxygens (including phenoxy) is 1. The van der Waals surface area contributed by atoms with Gasteiger partial charge in [-0.25, -0.2) is 9.59 Å². The number of carbonyl (C=O) groups excluding carboxylic acids is 2. The van der Waals surface area contributed by atoms with Crippen LogP contribution in [0.2, 0.25) is 0 Å². The van der Waals surface area contributed by atoms with Crippen LogP contribution in [0, 0.1) is 0 Å². The Hall–Kier alpha value is 1.46. The van der Waals surface area contributed by atoms with Crippen molar-refractivity contribution in [2.24, 2.45) is 0 Å². The summed E-state index contributed by atoms with van der Waals surface area (Å²) in [6, 6.07) is -0.275. The quantitative estimate of drug-likeness (QED) is 0.216. The molecule has 0 unspecified atom stereocenters. The molecule has 1 N–H and O–H groups in total. The third-order valence-electron chi connectivity index (χ3n) is 1.33. The number of esters is 1. The molecular weight excluding hydrogens is 546 g/mol. The van der Waals surface area contributed by atoms with Crippen LogP contribution in [0.4, 0.5) is 4.79 Å². The zero-order chi connectivity index (χ0) is 21.1. The minimum atomic E-state index is -3.69. The summed E-state index contributed by atoms with van der Waals surface area (Å²) in [4.78, 5) is 23.4. The Labute approximate surface area is 184 Å². The molecule has 0 atom stereocenters. The maximum atomic E-state index is 11.1. The first-order valence-electron chi connectivity index (χ1n) is 5.84. The van der Waals surface area contributed by atoms with Gasteiger partial charge in [-0.05, 0) is 47.6 Å². The van der Waals surface area contributed by atoms with Crippen LogP contribution in [0.25, 0.3) is 0 Å². The molecule has 0 bridgehead atoms. The van der Waals surface area contributed by atoms with Gasteiger partial charge in [-0.2, -0.15) is 0 Å². The molecule has 0 aliphatic carbocycles. The zero-order valence-electron chi connectivity index (χ0n) is 13.3. The van der Waals surface area contributed by atoms with Crippen molar-refractivity contribution in [3.8, 4) is 0 Å². The van der Waals surface area contributed by atoms with Crippen molar-refractivity contribution in [3.05, 3.63) is 11.8 Å². The third-order valence-corrected chi connectivity index (χ3v) is 1.33.